The van der Waals surface area contributed by atoms with E-state index in [0.29, 0.717) is 29.2 Å². The van der Waals surface area contributed by atoms with Crippen molar-refractivity contribution >= 4 is 23.0 Å². The number of rotatable bonds is 6. The van der Waals surface area contributed by atoms with Crippen molar-refractivity contribution in [1.29, 1.82) is 0 Å². The molecule has 3 rings (SSSR count). The van der Waals surface area contributed by atoms with Crippen LogP contribution in [-0.4, -0.2) is 57.5 Å². The topological polar surface area (TPSA) is 115 Å². The zero-order chi connectivity index (χ0) is 17.1. The summed E-state index contributed by atoms with van der Waals surface area (Å²) in [6.07, 6.45) is 3.10. The quantitative estimate of drug-likeness (QED) is 0.670. The van der Waals surface area contributed by atoms with Gasteiger partial charge in [-0.25, -0.2) is 9.97 Å². The fourth-order valence-corrected chi connectivity index (χ4v) is 2.29. The van der Waals surface area contributed by atoms with Crippen LogP contribution < -0.4 is 11.1 Å². The van der Waals surface area contributed by atoms with Crippen LogP contribution in [0.5, 0.6) is 0 Å². The van der Waals surface area contributed by atoms with Gasteiger partial charge in [0, 0.05) is 13.1 Å². The summed E-state index contributed by atoms with van der Waals surface area (Å²) < 4.78 is 7.01. The second kappa shape index (κ2) is 6.67. The highest BCUT2D eigenvalue weighted by molar-refractivity contribution is 5.87. The van der Waals surface area contributed by atoms with Gasteiger partial charge in [0.2, 0.25) is 11.9 Å². The Morgan fingerprint density at radius 1 is 1.42 bits per heavy atom. The number of imidazole rings is 1. The van der Waals surface area contributed by atoms with Gasteiger partial charge in [0.05, 0.1) is 12.6 Å². The molecule has 0 aliphatic carbocycles. The van der Waals surface area contributed by atoms with Gasteiger partial charge >= 0.3 is 0 Å². The molecule has 1 amide bonds. The van der Waals surface area contributed by atoms with Gasteiger partial charge in [-0.1, -0.05) is 0 Å². The molecule has 0 saturated heterocycles. The van der Waals surface area contributed by atoms with Crippen LogP contribution in [0.25, 0.3) is 22.6 Å². The van der Waals surface area contributed by atoms with E-state index in [1.165, 1.54) is 0 Å². The van der Waals surface area contributed by atoms with E-state index >= 15 is 0 Å². The minimum Gasteiger partial charge on any atom is -0.463 e. The van der Waals surface area contributed by atoms with Gasteiger partial charge in [0.1, 0.15) is 17.8 Å². The van der Waals surface area contributed by atoms with Gasteiger partial charge < -0.3 is 24.9 Å². The van der Waals surface area contributed by atoms with Gasteiger partial charge in [-0.3, -0.25) is 4.79 Å². The smallest absolute Gasteiger partial charge is 0.240 e. The summed E-state index contributed by atoms with van der Waals surface area (Å²) in [4.78, 5) is 26.8. The van der Waals surface area contributed by atoms with Gasteiger partial charge in [-0.2, -0.15) is 4.98 Å². The number of amides is 1. The molecule has 9 heteroatoms. The third-order valence-corrected chi connectivity index (χ3v) is 3.43. The normalized spacial score (nSPS) is 11.3. The van der Waals surface area contributed by atoms with Crippen molar-refractivity contribution in [2.24, 2.45) is 0 Å². The van der Waals surface area contributed by atoms with Crippen LogP contribution in [0, 0.1) is 0 Å². The summed E-state index contributed by atoms with van der Waals surface area (Å²) in [6, 6.07) is 3.53. The summed E-state index contributed by atoms with van der Waals surface area (Å²) in [6.45, 7) is 1.46. The Morgan fingerprint density at radius 3 is 2.96 bits per heavy atom. The SMILES string of the molecule is CN(C)CCNC(=O)Cn1cnc2c(-c3ccco3)nc(N)nc21. The molecule has 0 aliphatic heterocycles. The van der Waals surface area contributed by atoms with E-state index in [1.54, 1.807) is 29.3 Å². The lowest BCUT2D eigenvalue weighted by atomic mass is 10.3. The summed E-state index contributed by atoms with van der Waals surface area (Å²) in [5.74, 6) is 0.534. The van der Waals surface area contributed by atoms with E-state index < -0.39 is 0 Å². The summed E-state index contributed by atoms with van der Waals surface area (Å²) in [5.41, 5.74) is 7.34. The monoisotopic (exact) mass is 329 g/mol. The molecule has 0 atom stereocenters. The van der Waals surface area contributed by atoms with E-state index in [0.717, 1.165) is 6.54 Å². The molecule has 3 heterocycles. The highest BCUT2D eigenvalue weighted by Crippen LogP contribution is 2.25. The lowest BCUT2D eigenvalue weighted by molar-refractivity contribution is -0.121. The molecular weight excluding hydrogens is 310 g/mol. The Hall–Kier alpha value is -2.94. The standard InChI is InChI=1S/C15H19N7O2/c1-21(2)6-5-17-11(23)8-22-9-18-13-12(10-4-3-7-24-10)19-15(16)20-14(13)22/h3-4,7,9H,5-6,8H2,1-2H3,(H,17,23)(H2,16,19,20). The Morgan fingerprint density at radius 2 is 2.25 bits per heavy atom. The molecular formula is C15H19N7O2. The van der Waals surface area contributed by atoms with Gasteiger partial charge in [0.15, 0.2) is 11.4 Å². The zero-order valence-corrected chi connectivity index (χ0v) is 13.6. The second-order valence-corrected chi connectivity index (χ2v) is 5.61. The molecule has 3 aromatic heterocycles. The molecule has 0 spiro atoms. The van der Waals surface area contributed by atoms with Crippen molar-refractivity contribution in [1.82, 2.24) is 29.7 Å². The molecule has 9 nitrogen and oxygen atoms in total. The number of nitrogen functional groups attached to an aromatic ring is 1. The second-order valence-electron chi connectivity index (χ2n) is 5.61. The predicted octanol–water partition coefficient (Wildman–Crippen LogP) is 0.346. The summed E-state index contributed by atoms with van der Waals surface area (Å²) in [5, 5.41) is 2.85. The highest BCUT2D eigenvalue weighted by atomic mass is 16.3. The van der Waals surface area contributed by atoms with Crippen LogP contribution in [0.1, 0.15) is 0 Å². The van der Waals surface area contributed by atoms with Crippen LogP contribution in [0.4, 0.5) is 5.95 Å². The first-order valence-electron chi connectivity index (χ1n) is 7.48. The average molecular weight is 329 g/mol. The van der Waals surface area contributed by atoms with Crippen LogP contribution in [0.2, 0.25) is 0 Å². The lowest BCUT2D eigenvalue weighted by Crippen LogP contribution is -2.33. The molecule has 0 radical (unpaired) electrons. The van der Waals surface area contributed by atoms with Crippen molar-refractivity contribution in [2.45, 2.75) is 6.54 Å². The molecule has 0 unspecified atom stereocenters. The third-order valence-electron chi connectivity index (χ3n) is 3.43. The van der Waals surface area contributed by atoms with Gasteiger partial charge in [0.25, 0.3) is 0 Å². The van der Waals surface area contributed by atoms with Gasteiger partial charge in [-0.05, 0) is 26.2 Å². The first-order valence-corrected chi connectivity index (χ1v) is 7.48. The number of hydrogen-bond donors (Lipinski definition) is 2. The number of aromatic nitrogens is 4. The Balaban J connectivity index is 1.84. The number of nitrogens with zero attached hydrogens (tertiary/aromatic N) is 5. The number of nitrogens with one attached hydrogen (secondary N) is 1. The Bertz CT molecular complexity index is 839. The average Bonchev–Trinajstić information content (AvgIpc) is 3.17. The van der Waals surface area contributed by atoms with Crippen molar-refractivity contribution < 1.29 is 9.21 Å². The minimum atomic E-state index is -0.118. The summed E-state index contributed by atoms with van der Waals surface area (Å²) >= 11 is 0. The number of carbonyl (C=O) groups excluding carboxylic acids is 1. The van der Waals surface area contributed by atoms with E-state index in [9.17, 15) is 4.79 Å². The Labute approximate surface area is 138 Å². The van der Waals surface area contributed by atoms with E-state index in [-0.39, 0.29) is 18.4 Å². The maximum Gasteiger partial charge on any atom is 0.240 e. The maximum absolute atomic E-state index is 12.1. The molecule has 126 valence electrons. The van der Waals surface area contributed by atoms with Gasteiger partial charge in [-0.15, -0.1) is 0 Å². The molecule has 0 aromatic carbocycles. The zero-order valence-electron chi connectivity index (χ0n) is 13.6. The highest BCUT2D eigenvalue weighted by Gasteiger charge is 2.16. The Kier molecular flexibility index (Phi) is 4.43. The number of anilines is 1. The third kappa shape index (κ3) is 3.35. The molecule has 3 aromatic rings. The van der Waals surface area contributed by atoms with Crippen LogP contribution in [-0.2, 0) is 11.3 Å². The molecule has 0 bridgehead atoms. The molecule has 0 saturated carbocycles. The minimum absolute atomic E-state index is 0.101. The first kappa shape index (κ1) is 15.9. The number of nitrogens with two attached hydrogens (primary N) is 1. The van der Waals surface area contributed by atoms with Crippen LogP contribution >= 0.6 is 0 Å². The van der Waals surface area contributed by atoms with E-state index in [4.69, 9.17) is 10.2 Å². The maximum atomic E-state index is 12.1. The summed E-state index contributed by atoms with van der Waals surface area (Å²) in [7, 11) is 3.90. The molecule has 24 heavy (non-hydrogen) atoms. The number of furan rings is 1. The van der Waals surface area contributed by atoms with Crippen LogP contribution in [0.3, 0.4) is 0 Å². The van der Waals surface area contributed by atoms with E-state index in [2.05, 4.69) is 20.3 Å². The number of fused-ring (bicyclic) bond motifs is 1. The van der Waals surface area contributed by atoms with E-state index in [1.807, 2.05) is 19.0 Å². The first-order chi connectivity index (χ1) is 11.5. The number of carbonyl (C=O) groups is 1. The molecule has 0 aliphatic rings. The van der Waals surface area contributed by atoms with Crippen molar-refractivity contribution in [3.63, 3.8) is 0 Å². The van der Waals surface area contributed by atoms with Crippen molar-refractivity contribution in [2.75, 3.05) is 32.9 Å². The largest absolute Gasteiger partial charge is 0.463 e. The van der Waals surface area contributed by atoms with Crippen molar-refractivity contribution in [3.05, 3.63) is 24.7 Å². The fraction of sp³-hybridized carbons (Fsp3) is 0.333. The predicted molar refractivity (Wildman–Crippen MR) is 89.0 cm³/mol. The van der Waals surface area contributed by atoms with Crippen LogP contribution in [0.15, 0.2) is 29.1 Å². The lowest BCUT2D eigenvalue weighted by Gasteiger charge is -2.10. The molecule has 0 fully saturated rings. The fourth-order valence-electron chi connectivity index (χ4n) is 2.29. The number of likely N-dealkylation sites (N-methyl/N-ethyl adjacent to an activating group) is 1. The number of hydrogen-bond acceptors (Lipinski definition) is 7. The molecule has 3 N–H and O–H groups in total. The van der Waals surface area contributed by atoms with Crippen molar-refractivity contribution in [3.8, 4) is 11.5 Å².